The highest BCUT2D eigenvalue weighted by atomic mass is 79.9. The van der Waals surface area contributed by atoms with E-state index in [-0.39, 0.29) is 5.75 Å². The molecule has 66 valence electrons. The van der Waals surface area contributed by atoms with Crippen LogP contribution >= 0.6 is 15.9 Å². The van der Waals surface area contributed by atoms with E-state index >= 15 is 0 Å². The molecule has 0 aliphatic rings. The molecule has 0 aromatic heterocycles. The number of fused-ring (bicyclic) bond motifs is 1. The highest BCUT2D eigenvalue weighted by Gasteiger charge is 2.01. The maximum atomic E-state index is 12.0. The monoisotopic (exact) mass is 240 g/mol. The molecular formula is C10H6BrFO. The summed E-state index contributed by atoms with van der Waals surface area (Å²) in [6.45, 7) is 0. The van der Waals surface area contributed by atoms with Gasteiger partial charge in [0.15, 0.2) is 5.75 Å². The molecule has 0 atom stereocenters. The summed E-state index contributed by atoms with van der Waals surface area (Å²) >= 11 is 3.34. The second-order valence-corrected chi connectivity index (χ2v) is 3.61. The first-order valence-corrected chi connectivity index (χ1v) is 4.57. The predicted molar refractivity (Wildman–Crippen MR) is 53.4 cm³/mol. The summed E-state index contributed by atoms with van der Waals surface area (Å²) in [7, 11) is 0. The average Bonchev–Trinajstić information content (AvgIpc) is 2.16. The molecule has 0 radical (unpaired) electrons. The van der Waals surface area contributed by atoms with Crippen molar-refractivity contribution in [1.82, 2.24) is 0 Å². The molecular weight excluding hydrogens is 235 g/mol. The van der Waals surface area contributed by atoms with Crippen molar-refractivity contribution < 1.29 is 9.47 Å². The third kappa shape index (κ3) is 1.52. The zero-order valence-corrected chi connectivity index (χ0v) is 8.21. The van der Waals surface area contributed by atoms with Gasteiger partial charge in [-0.3, -0.25) is 4.94 Å². The molecule has 0 heterocycles. The maximum Gasteiger partial charge on any atom is 0.179 e. The van der Waals surface area contributed by atoms with Crippen molar-refractivity contribution in [3.63, 3.8) is 0 Å². The summed E-state index contributed by atoms with van der Waals surface area (Å²) in [5, 5.41) is 1.72. The first kappa shape index (κ1) is 8.51. The predicted octanol–water partition coefficient (Wildman–Crippen LogP) is 3.87. The average molecular weight is 241 g/mol. The highest BCUT2D eigenvalue weighted by molar-refractivity contribution is 9.10. The van der Waals surface area contributed by atoms with Crippen molar-refractivity contribution >= 4 is 26.7 Å². The molecule has 0 saturated carbocycles. The zero-order chi connectivity index (χ0) is 9.26. The van der Waals surface area contributed by atoms with E-state index in [1.54, 1.807) is 12.1 Å². The molecule has 0 unspecified atom stereocenters. The van der Waals surface area contributed by atoms with E-state index in [2.05, 4.69) is 20.9 Å². The Morgan fingerprint density at radius 3 is 2.77 bits per heavy atom. The molecule has 0 aliphatic heterocycles. The zero-order valence-electron chi connectivity index (χ0n) is 6.63. The van der Waals surface area contributed by atoms with E-state index in [0.717, 1.165) is 15.2 Å². The van der Waals surface area contributed by atoms with Crippen LogP contribution in [-0.4, -0.2) is 0 Å². The first-order valence-electron chi connectivity index (χ1n) is 3.78. The summed E-state index contributed by atoms with van der Waals surface area (Å²) in [6.07, 6.45) is 0. The van der Waals surface area contributed by atoms with Crippen molar-refractivity contribution in [2.24, 2.45) is 0 Å². The van der Waals surface area contributed by atoms with Crippen molar-refractivity contribution in [1.29, 1.82) is 0 Å². The Kier molecular flexibility index (Phi) is 2.19. The summed E-state index contributed by atoms with van der Waals surface area (Å²) in [5.41, 5.74) is 0. The topological polar surface area (TPSA) is 9.23 Å². The molecule has 0 amide bonds. The maximum absolute atomic E-state index is 12.0. The standard InChI is InChI=1S/C10H6BrFO/c11-8-4-5-9-7(6-8)2-1-3-10(9)13-12/h1-6H. The van der Waals surface area contributed by atoms with Crippen LogP contribution in [0.1, 0.15) is 0 Å². The van der Waals surface area contributed by atoms with Crippen LogP contribution in [0.25, 0.3) is 10.8 Å². The van der Waals surface area contributed by atoms with Crippen molar-refractivity contribution in [3.8, 4) is 5.75 Å². The fourth-order valence-electron chi connectivity index (χ4n) is 1.29. The summed E-state index contributed by atoms with van der Waals surface area (Å²) in [6, 6.07) is 10.8. The SMILES string of the molecule is FOc1cccc2cc(Br)ccc12. The van der Waals surface area contributed by atoms with E-state index in [1.165, 1.54) is 0 Å². The summed E-state index contributed by atoms with van der Waals surface area (Å²) in [4.78, 5) is 3.75. The second-order valence-electron chi connectivity index (χ2n) is 2.70. The van der Waals surface area contributed by atoms with Crippen LogP contribution < -0.4 is 4.94 Å². The molecule has 0 N–H and O–H groups in total. The molecule has 1 nitrogen and oxygen atoms in total. The Morgan fingerprint density at radius 2 is 2.00 bits per heavy atom. The molecule has 0 fully saturated rings. The third-order valence-corrected chi connectivity index (χ3v) is 2.38. The van der Waals surface area contributed by atoms with E-state index in [4.69, 9.17) is 0 Å². The fraction of sp³-hybridized carbons (Fsp3) is 0. The third-order valence-electron chi connectivity index (χ3n) is 1.89. The molecule has 0 bridgehead atoms. The Balaban J connectivity index is 2.77. The molecule has 0 spiro atoms. The van der Waals surface area contributed by atoms with Crippen molar-refractivity contribution in [2.75, 3.05) is 0 Å². The van der Waals surface area contributed by atoms with Gasteiger partial charge in [0.05, 0.1) is 0 Å². The van der Waals surface area contributed by atoms with Crippen LogP contribution in [0.15, 0.2) is 40.9 Å². The van der Waals surface area contributed by atoms with Crippen LogP contribution in [0.2, 0.25) is 0 Å². The van der Waals surface area contributed by atoms with Crippen LogP contribution in [0.4, 0.5) is 4.53 Å². The minimum atomic E-state index is 0.255. The van der Waals surface area contributed by atoms with Gasteiger partial charge in [0.2, 0.25) is 0 Å². The normalized spacial score (nSPS) is 10.3. The molecule has 13 heavy (non-hydrogen) atoms. The minimum Gasteiger partial charge on any atom is -0.294 e. The van der Waals surface area contributed by atoms with Crippen LogP contribution in [0.3, 0.4) is 0 Å². The van der Waals surface area contributed by atoms with Gasteiger partial charge >= 0.3 is 0 Å². The smallest absolute Gasteiger partial charge is 0.179 e. The first-order chi connectivity index (χ1) is 6.31. The molecule has 3 heteroatoms. The Hall–Kier alpha value is -1.09. The van der Waals surface area contributed by atoms with E-state index in [0.29, 0.717) is 0 Å². The highest BCUT2D eigenvalue weighted by Crippen LogP contribution is 2.27. The summed E-state index contributed by atoms with van der Waals surface area (Å²) in [5.74, 6) is 0.255. The number of hydrogen-bond acceptors (Lipinski definition) is 1. The van der Waals surface area contributed by atoms with Gasteiger partial charge in [0.25, 0.3) is 0 Å². The Labute approximate surface area is 83.2 Å². The lowest BCUT2D eigenvalue weighted by molar-refractivity contribution is -0.00423. The van der Waals surface area contributed by atoms with Gasteiger partial charge in [-0.2, -0.15) is 0 Å². The Bertz CT molecular complexity index is 442. The number of hydrogen-bond donors (Lipinski definition) is 0. The molecule has 0 aliphatic carbocycles. The Morgan fingerprint density at radius 1 is 1.15 bits per heavy atom. The molecule has 2 aromatic rings. The van der Waals surface area contributed by atoms with Crippen LogP contribution in [0, 0.1) is 0 Å². The minimum absolute atomic E-state index is 0.255. The van der Waals surface area contributed by atoms with Crippen molar-refractivity contribution in [3.05, 3.63) is 40.9 Å². The molecule has 0 saturated heterocycles. The van der Waals surface area contributed by atoms with Gasteiger partial charge in [-0.1, -0.05) is 28.1 Å². The quantitative estimate of drug-likeness (QED) is 0.736. The largest absolute Gasteiger partial charge is 0.294 e. The molecule has 2 aromatic carbocycles. The summed E-state index contributed by atoms with van der Waals surface area (Å²) < 4.78 is 13.0. The second kappa shape index (κ2) is 3.34. The van der Waals surface area contributed by atoms with Gasteiger partial charge in [-0.05, 0) is 29.7 Å². The number of halogens is 2. The van der Waals surface area contributed by atoms with Crippen LogP contribution in [0.5, 0.6) is 5.75 Å². The lowest BCUT2D eigenvalue weighted by Crippen LogP contribution is -1.79. The fourth-order valence-corrected chi connectivity index (χ4v) is 1.67. The van der Waals surface area contributed by atoms with E-state index in [9.17, 15) is 4.53 Å². The van der Waals surface area contributed by atoms with E-state index < -0.39 is 0 Å². The molecule has 2 rings (SSSR count). The van der Waals surface area contributed by atoms with Crippen molar-refractivity contribution in [2.45, 2.75) is 0 Å². The van der Waals surface area contributed by atoms with Crippen LogP contribution in [-0.2, 0) is 0 Å². The van der Waals surface area contributed by atoms with Gasteiger partial charge in [-0.25, -0.2) is 0 Å². The van der Waals surface area contributed by atoms with Gasteiger partial charge in [0.1, 0.15) is 0 Å². The van der Waals surface area contributed by atoms with E-state index in [1.807, 2.05) is 24.3 Å². The number of benzene rings is 2. The lowest BCUT2D eigenvalue weighted by atomic mass is 10.1. The van der Waals surface area contributed by atoms with Gasteiger partial charge in [0, 0.05) is 14.4 Å². The lowest BCUT2D eigenvalue weighted by Gasteiger charge is -2.01. The number of rotatable bonds is 1. The van der Waals surface area contributed by atoms with Gasteiger partial charge in [-0.15, -0.1) is 0 Å². The van der Waals surface area contributed by atoms with Gasteiger partial charge < -0.3 is 0 Å².